The van der Waals surface area contributed by atoms with E-state index in [9.17, 15) is 9.18 Å². The Kier molecular flexibility index (Phi) is 6.36. The number of aromatic nitrogens is 3. The Morgan fingerprint density at radius 3 is 2.38 bits per heavy atom. The van der Waals surface area contributed by atoms with Gasteiger partial charge < -0.3 is 10.6 Å². The van der Waals surface area contributed by atoms with E-state index < -0.39 is 0 Å². The zero-order valence-electron chi connectivity index (χ0n) is 19.6. The van der Waals surface area contributed by atoms with Gasteiger partial charge in [0.05, 0.1) is 0 Å². The van der Waals surface area contributed by atoms with Crippen LogP contribution in [0.3, 0.4) is 0 Å². The lowest BCUT2D eigenvalue weighted by molar-refractivity contribution is 0.102. The van der Waals surface area contributed by atoms with Crippen LogP contribution in [0.15, 0.2) is 73.1 Å². The third-order valence-electron chi connectivity index (χ3n) is 5.49. The fourth-order valence-corrected chi connectivity index (χ4v) is 3.51. The quantitative estimate of drug-likeness (QED) is 0.370. The van der Waals surface area contributed by atoms with Crippen molar-refractivity contribution in [3.63, 3.8) is 0 Å². The number of hydrogen-bond acceptors (Lipinski definition) is 5. The summed E-state index contributed by atoms with van der Waals surface area (Å²) in [5, 5.41) is 5.97. The molecule has 0 radical (unpaired) electrons. The summed E-state index contributed by atoms with van der Waals surface area (Å²) in [6.45, 7) is 8.31. The van der Waals surface area contributed by atoms with Gasteiger partial charge in [0, 0.05) is 22.5 Å². The summed E-state index contributed by atoms with van der Waals surface area (Å²) in [5.74, 6) is 0.192. The SMILES string of the molecule is Cc1c(NC(=O)c2ccc(C(C)(C)C)cc2)cccc1-c1ncnc(Nc2cccc(F)c2)n1. The van der Waals surface area contributed by atoms with Crippen molar-refractivity contribution < 1.29 is 9.18 Å². The van der Waals surface area contributed by atoms with Gasteiger partial charge in [-0.2, -0.15) is 4.98 Å². The summed E-state index contributed by atoms with van der Waals surface area (Å²) in [5.41, 5.74) is 4.55. The fraction of sp³-hybridized carbons (Fsp3) is 0.185. The highest BCUT2D eigenvalue weighted by molar-refractivity contribution is 6.05. The molecule has 4 aromatic rings. The number of nitrogens with one attached hydrogen (secondary N) is 2. The summed E-state index contributed by atoms with van der Waals surface area (Å²) in [6.07, 6.45) is 1.39. The average molecular weight is 456 g/mol. The van der Waals surface area contributed by atoms with Crippen LogP contribution < -0.4 is 10.6 Å². The lowest BCUT2D eigenvalue weighted by Gasteiger charge is -2.19. The largest absolute Gasteiger partial charge is 0.324 e. The molecular weight excluding hydrogens is 429 g/mol. The third kappa shape index (κ3) is 5.26. The molecule has 1 amide bonds. The second-order valence-corrected chi connectivity index (χ2v) is 9.03. The molecule has 1 aromatic heterocycles. The monoisotopic (exact) mass is 455 g/mol. The van der Waals surface area contributed by atoms with Gasteiger partial charge in [0.1, 0.15) is 12.1 Å². The summed E-state index contributed by atoms with van der Waals surface area (Å²) in [7, 11) is 0. The number of carbonyl (C=O) groups excluding carboxylic acids is 1. The minimum absolute atomic E-state index is 0.0207. The average Bonchev–Trinajstić information content (AvgIpc) is 2.80. The Morgan fingerprint density at radius 1 is 0.941 bits per heavy atom. The minimum atomic E-state index is -0.355. The van der Waals surface area contributed by atoms with Gasteiger partial charge in [-0.15, -0.1) is 0 Å². The van der Waals surface area contributed by atoms with Crippen LogP contribution in [0.25, 0.3) is 11.4 Å². The van der Waals surface area contributed by atoms with E-state index in [1.54, 1.807) is 12.1 Å². The predicted octanol–water partition coefficient (Wildman–Crippen LogP) is 6.28. The Hall–Kier alpha value is -4.13. The topological polar surface area (TPSA) is 79.8 Å². The Morgan fingerprint density at radius 2 is 1.68 bits per heavy atom. The van der Waals surface area contributed by atoms with E-state index in [0.717, 1.165) is 11.1 Å². The lowest BCUT2D eigenvalue weighted by Crippen LogP contribution is -2.15. The van der Waals surface area contributed by atoms with E-state index in [2.05, 4.69) is 46.4 Å². The third-order valence-corrected chi connectivity index (χ3v) is 5.49. The first-order valence-electron chi connectivity index (χ1n) is 10.9. The molecule has 0 aliphatic heterocycles. The standard InChI is InChI=1S/C27H26FN5O/c1-17-22(24-29-16-30-26(33-24)31-21-8-5-7-20(28)15-21)9-6-10-23(17)32-25(34)18-11-13-19(14-12-18)27(2,3)4/h5-16H,1-4H3,(H,32,34)(H,29,30,31,33). The summed E-state index contributed by atoms with van der Waals surface area (Å²) < 4.78 is 13.5. The first kappa shape index (κ1) is 23.0. The van der Waals surface area contributed by atoms with Crippen LogP contribution in [-0.4, -0.2) is 20.9 Å². The van der Waals surface area contributed by atoms with E-state index in [4.69, 9.17) is 0 Å². The number of rotatable bonds is 5. The highest BCUT2D eigenvalue weighted by Gasteiger charge is 2.16. The van der Waals surface area contributed by atoms with E-state index in [-0.39, 0.29) is 17.1 Å². The van der Waals surface area contributed by atoms with Gasteiger partial charge in [0.25, 0.3) is 5.91 Å². The molecule has 0 bridgehead atoms. The zero-order chi connectivity index (χ0) is 24.3. The number of anilines is 3. The van der Waals surface area contributed by atoms with Crippen molar-refractivity contribution in [2.45, 2.75) is 33.1 Å². The number of amides is 1. The van der Waals surface area contributed by atoms with Crippen LogP contribution >= 0.6 is 0 Å². The summed E-state index contributed by atoms with van der Waals surface area (Å²) >= 11 is 0. The zero-order valence-corrected chi connectivity index (χ0v) is 19.6. The highest BCUT2D eigenvalue weighted by Crippen LogP contribution is 2.28. The van der Waals surface area contributed by atoms with Gasteiger partial charge in [-0.1, -0.05) is 51.1 Å². The molecule has 0 aliphatic carbocycles. The van der Waals surface area contributed by atoms with E-state index in [0.29, 0.717) is 28.7 Å². The van der Waals surface area contributed by atoms with Crippen molar-refractivity contribution >= 4 is 23.2 Å². The van der Waals surface area contributed by atoms with Crippen molar-refractivity contribution in [3.05, 3.63) is 95.6 Å². The van der Waals surface area contributed by atoms with Crippen molar-refractivity contribution in [2.24, 2.45) is 0 Å². The number of benzene rings is 3. The van der Waals surface area contributed by atoms with Crippen LogP contribution in [-0.2, 0) is 5.41 Å². The molecule has 0 unspecified atom stereocenters. The van der Waals surface area contributed by atoms with Crippen molar-refractivity contribution in [3.8, 4) is 11.4 Å². The molecule has 4 rings (SSSR count). The molecule has 0 saturated carbocycles. The van der Waals surface area contributed by atoms with Crippen LogP contribution in [0.5, 0.6) is 0 Å². The predicted molar refractivity (Wildman–Crippen MR) is 133 cm³/mol. The molecule has 0 aliphatic rings. The van der Waals surface area contributed by atoms with Crippen LogP contribution in [0.4, 0.5) is 21.7 Å². The molecule has 0 fully saturated rings. The molecular formula is C27H26FN5O. The maximum Gasteiger partial charge on any atom is 0.255 e. The lowest BCUT2D eigenvalue weighted by atomic mass is 9.86. The van der Waals surface area contributed by atoms with E-state index >= 15 is 0 Å². The number of hydrogen-bond donors (Lipinski definition) is 2. The van der Waals surface area contributed by atoms with Crippen molar-refractivity contribution in [2.75, 3.05) is 10.6 Å². The smallest absolute Gasteiger partial charge is 0.255 e. The molecule has 34 heavy (non-hydrogen) atoms. The van der Waals surface area contributed by atoms with E-state index in [1.807, 2.05) is 49.4 Å². The Balaban J connectivity index is 1.56. The molecule has 0 atom stereocenters. The van der Waals surface area contributed by atoms with Crippen molar-refractivity contribution in [1.82, 2.24) is 15.0 Å². The molecule has 6 nitrogen and oxygen atoms in total. The Labute approximate surface area is 198 Å². The molecule has 0 spiro atoms. The normalized spacial score (nSPS) is 11.2. The molecule has 2 N–H and O–H groups in total. The summed E-state index contributed by atoms with van der Waals surface area (Å²) in [6, 6.07) is 19.3. The first-order chi connectivity index (χ1) is 16.2. The first-order valence-corrected chi connectivity index (χ1v) is 10.9. The van der Waals surface area contributed by atoms with Crippen LogP contribution in [0.2, 0.25) is 0 Å². The Bertz CT molecular complexity index is 1330. The van der Waals surface area contributed by atoms with Gasteiger partial charge in [-0.25, -0.2) is 14.4 Å². The van der Waals surface area contributed by atoms with Crippen molar-refractivity contribution in [1.29, 1.82) is 0 Å². The van der Waals surface area contributed by atoms with Crippen LogP contribution in [0.1, 0.15) is 42.3 Å². The van der Waals surface area contributed by atoms with Gasteiger partial charge in [-0.05, 0) is 59.9 Å². The van der Waals surface area contributed by atoms with E-state index in [1.165, 1.54) is 24.0 Å². The molecule has 1 heterocycles. The minimum Gasteiger partial charge on any atom is -0.324 e. The number of nitrogens with zero attached hydrogens (tertiary/aromatic N) is 3. The highest BCUT2D eigenvalue weighted by atomic mass is 19.1. The number of halogens is 1. The van der Waals surface area contributed by atoms with Gasteiger partial charge in [0.2, 0.25) is 5.95 Å². The maximum atomic E-state index is 13.5. The fourth-order valence-electron chi connectivity index (χ4n) is 3.51. The van der Waals surface area contributed by atoms with Crippen LogP contribution in [0, 0.1) is 12.7 Å². The van der Waals surface area contributed by atoms with Gasteiger partial charge in [0.15, 0.2) is 5.82 Å². The second kappa shape index (κ2) is 9.39. The molecule has 3 aromatic carbocycles. The molecule has 0 saturated heterocycles. The maximum absolute atomic E-state index is 13.5. The van der Waals surface area contributed by atoms with Gasteiger partial charge >= 0.3 is 0 Å². The molecule has 7 heteroatoms. The molecule has 172 valence electrons. The summed E-state index contributed by atoms with van der Waals surface area (Å²) in [4.78, 5) is 25.8. The van der Waals surface area contributed by atoms with Gasteiger partial charge in [-0.3, -0.25) is 4.79 Å². The second-order valence-electron chi connectivity index (χ2n) is 9.03. The number of carbonyl (C=O) groups is 1.